The van der Waals surface area contributed by atoms with Crippen LogP contribution in [-0.4, -0.2) is 12.1 Å². The van der Waals surface area contributed by atoms with Gasteiger partial charge in [0, 0.05) is 6.07 Å². The maximum atomic E-state index is 13.0. The first kappa shape index (κ1) is 11.7. The van der Waals surface area contributed by atoms with Gasteiger partial charge in [0.15, 0.2) is 0 Å². The van der Waals surface area contributed by atoms with Crippen LogP contribution in [0, 0.1) is 5.82 Å². The molecule has 2 rings (SSSR count). The van der Waals surface area contributed by atoms with Gasteiger partial charge >= 0.3 is 0 Å². The Morgan fingerprint density at radius 2 is 2.12 bits per heavy atom. The molecule has 0 bridgehead atoms. The lowest BCUT2D eigenvalue weighted by Crippen LogP contribution is -1.97. The lowest BCUT2D eigenvalue weighted by atomic mass is 10.3. The largest absolute Gasteiger partial charge is 0.494 e. The van der Waals surface area contributed by atoms with Crippen molar-refractivity contribution in [1.29, 1.82) is 0 Å². The van der Waals surface area contributed by atoms with E-state index in [1.54, 1.807) is 24.3 Å². The first-order chi connectivity index (χ1) is 8.19. The van der Waals surface area contributed by atoms with E-state index in [9.17, 15) is 4.39 Å². The van der Waals surface area contributed by atoms with E-state index in [1.165, 1.54) is 19.2 Å². The van der Waals surface area contributed by atoms with E-state index in [0.717, 1.165) is 0 Å². The van der Waals surface area contributed by atoms with E-state index < -0.39 is 0 Å². The van der Waals surface area contributed by atoms with Crippen molar-refractivity contribution >= 4 is 23.1 Å². The first-order valence-electron chi connectivity index (χ1n) is 4.92. The molecule has 1 aromatic carbocycles. The van der Waals surface area contributed by atoms with Crippen LogP contribution >= 0.6 is 11.6 Å². The van der Waals surface area contributed by atoms with Crippen molar-refractivity contribution < 1.29 is 9.13 Å². The second-order valence-corrected chi connectivity index (χ2v) is 3.70. The van der Waals surface area contributed by atoms with Crippen molar-refractivity contribution in [3.05, 3.63) is 47.4 Å². The maximum Gasteiger partial charge on any atom is 0.145 e. The number of anilines is 2. The van der Waals surface area contributed by atoms with Crippen LogP contribution in [0.15, 0.2) is 36.4 Å². The molecule has 88 valence electrons. The van der Waals surface area contributed by atoms with Crippen LogP contribution in [0.5, 0.6) is 5.75 Å². The Hall–Kier alpha value is -1.81. The van der Waals surface area contributed by atoms with Gasteiger partial charge in [-0.05, 0) is 24.3 Å². The number of rotatable bonds is 3. The summed E-state index contributed by atoms with van der Waals surface area (Å²) >= 11 is 5.77. The van der Waals surface area contributed by atoms with Crippen LogP contribution in [0.25, 0.3) is 0 Å². The molecule has 0 saturated heterocycles. The third kappa shape index (κ3) is 2.85. The van der Waals surface area contributed by atoms with Crippen molar-refractivity contribution in [2.24, 2.45) is 0 Å². The van der Waals surface area contributed by atoms with Gasteiger partial charge in [0.1, 0.15) is 22.5 Å². The number of nitrogens with one attached hydrogen (secondary N) is 1. The maximum absolute atomic E-state index is 13.0. The smallest absolute Gasteiger partial charge is 0.145 e. The third-order valence-electron chi connectivity index (χ3n) is 2.14. The average Bonchev–Trinajstić information content (AvgIpc) is 2.31. The zero-order valence-corrected chi connectivity index (χ0v) is 9.83. The highest BCUT2D eigenvalue weighted by Crippen LogP contribution is 2.27. The molecular weight excluding hydrogens is 243 g/mol. The minimum atomic E-state index is -0.355. The summed E-state index contributed by atoms with van der Waals surface area (Å²) in [5.41, 5.74) is 0.628. The fourth-order valence-corrected chi connectivity index (χ4v) is 1.55. The van der Waals surface area contributed by atoms with Crippen LogP contribution < -0.4 is 10.1 Å². The zero-order valence-electron chi connectivity index (χ0n) is 9.08. The van der Waals surface area contributed by atoms with E-state index >= 15 is 0 Å². The van der Waals surface area contributed by atoms with Crippen molar-refractivity contribution in [1.82, 2.24) is 4.98 Å². The Labute approximate surface area is 103 Å². The predicted octanol–water partition coefficient (Wildman–Crippen LogP) is 3.63. The Balaban J connectivity index is 2.29. The quantitative estimate of drug-likeness (QED) is 0.847. The molecule has 2 aromatic rings. The first-order valence-corrected chi connectivity index (χ1v) is 5.30. The molecule has 5 heteroatoms. The van der Waals surface area contributed by atoms with Crippen molar-refractivity contribution in [3.63, 3.8) is 0 Å². The molecule has 17 heavy (non-hydrogen) atoms. The molecule has 0 atom stereocenters. The molecule has 1 heterocycles. The van der Waals surface area contributed by atoms with E-state index in [2.05, 4.69) is 10.3 Å². The zero-order chi connectivity index (χ0) is 12.3. The molecule has 0 aliphatic carbocycles. The summed E-state index contributed by atoms with van der Waals surface area (Å²) in [5, 5.41) is 3.39. The molecule has 1 aromatic heterocycles. The third-order valence-corrected chi connectivity index (χ3v) is 2.35. The molecule has 0 spiro atoms. The summed E-state index contributed by atoms with van der Waals surface area (Å²) in [4.78, 5) is 4.07. The van der Waals surface area contributed by atoms with E-state index in [0.29, 0.717) is 22.4 Å². The number of benzene rings is 1. The Kier molecular flexibility index (Phi) is 3.44. The topological polar surface area (TPSA) is 34.1 Å². The van der Waals surface area contributed by atoms with Crippen LogP contribution in [0.4, 0.5) is 15.9 Å². The molecule has 0 saturated carbocycles. The number of aromatic nitrogens is 1. The number of nitrogens with zero attached hydrogens (tertiary/aromatic N) is 1. The van der Waals surface area contributed by atoms with Crippen LogP contribution in [0.1, 0.15) is 0 Å². The molecule has 3 nitrogen and oxygen atoms in total. The molecule has 0 aliphatic heterocycles. The fraction of sp³-hybridized carbons (Fsp3) is 0.0833. The normalized spacial score (nSPS) is 10.1. The molecule has 0 aliphatic rings. The number of pyridine rings is 1. The summed E-state index contributed by atoms with van der Waals surface area (Å²) < 4.78 is 18.1. The second kappa shape index (κ2) is 5.01. The molecular formula is C12H10ClFN2O. The molecule has 0 amide bonds. The molecule has 0 radical (unpaired) electrons. The van der Waals surface area contributed by atoms with Crippen LogP contribution in [0.3, 0.4) is 0 Å². The summed E-state index contributed by atoms with van der Waals surface area (Å²) in [5.74, 6) is 0.626. The monoisotopic (exact) mass is 252 g/mol. The summed E-state index contributed by atoms with van der Waals surface area (Å²) in [6.07, 6.45) is 0. The fourth-order valence-electron chi connectivity index (χ4n) is 1.38. The molecule has 1 N–H and O–H groups in total. The molecule has 0 fully saturated rings. The van der Waals surface area contributed by atoms with Crippen molar-refractivity contribution in [2.75, 3.05) is 12.4 Å². The minimum absolute atomic E-state index is 0.355. The lowest BCUT2D eigenvalue weighted by molar-refractivity contribution is 0.413. The second-order valence-electron chi connectivity index (χ2n) is 3.32. The average molecular weight is 253 g/mol. The van der Waals surface area contributed by atoms with Gasteiger partial charge in [0.2, 0.25) is 0 Å². The predicted molar refractivity (Wildman–Crippen MR) is 65.5 cm³/mol. The minimum Gasteiger partial charge on any atom is -0.494 e. The Morgan fingerprint density at radius 1 is 1.29 bits per heavy atom. The lowest BCUT2D eigenvalue weighted by Gasteiger charge is -2.10. The van der Waals surface area contributed by atoms with E-state index in [-0.39, 0.29) is 5.82 Å². The van der Waals surface area contributed by atoms with Crippen LogP contribution in [0.2, 0.25) is 5.15 Å². The van der Waals surface area contributed by atoms with Gasteiger partial charge in [-0.3, -0.25) is 0 Å². The number of hydrogen-bond donors (Lipinski definition) is 1. The molecule has 0 unspecified atom stereocenters. The highest BCUT2D eigenvalue weighted by atomic mass is 35.5. The summed E-state index contributed by atoms with van der Waals surface area (Å²) in [6, 6.07) is 9.43. The van der Waals surface area contributed by atoms with Gasteiger partial charge < -0.3 is 10.1 Å². The number of ether oxygens (including phenoxy) is 1. The van der Waals surface area contributed by atoms with Gasteiger partial charge in [-0.2, -0.15) is 0 Å². The SMILES string of the molecule is COc1cc(F)ccc1Nc1cccc(Cl)n1. The summed E-state index contributed by atoms with van der Waals surface area (Å²) in [7, 11) is 1.48. The number of halogens is 2. The van der Waals surface area contributed by atoms with E-state index in [1.807, 2.05) is 0 Å². The van der Waals surface area contributed by atoms with Crippen LogP contribution in [-0.2, 0) is 0 Å². The van der Waals surface area contributed by atoms with Crippen molar-refractivity contribution in [3.8, 4) is 5.75 Å². The summed E-state index contributed by atoms with van der Waals surface area (Å²) in [6.45, 7) is 0. The van der Waals surface area contributed by atoms with Gasteiger partial charge in [0.05, 0.1) is 12.8 Å². The van der Waals surface area contributed by atoms with Gasteiger partial charge in [-0.25, -0.2) is 9.37 Å². The van der Waals surface area contributed by atoms with E-state index in [4.69, 9.17) is 16.3 Å². The van der Waals surface area contributed by atoms with Gasteiger partial charge in [0.25, 0.3) is 0 Å². The van der Waals surface area contributed by atoms with Gasteiger partial charge in [-0.15, -0.1) is 0 Å². The number of hydrogen-bond acceptors (Lipinski definition) is 3. The highest BCUT2D eigenvalue weighted by molar-refractivity contribution is 6.29. The van der Waals surface area contributed by atoms with Crippen molar-refractivity contribution in [2.45, 2.75) is 0 Å². The number of methoxy groups -OCH3 is 1. The standard InChI is InChI=1S/C12H10ClFN2O/c1-17-10-7-8(14)5-6-9(10)15-12-4-2-3-11(13)16-12/h2-7H,1H3,(H,15,16). The highest BCUT2D eigenvalue weighted by Gasteiger charge is 2.05. The Bertz CT molecular complexity index is 534. The van der Waals surface area contributed by atoms with Gasteiger partial charge in [-0.1, -0.05) is 17.7 Å². The Morgan fingerprint density at radius 3 is 2.82 bits per heavy atom.